The molecule has 58 heavy (non-hydrogen) atoms. The Kier molecular flexibility index (Phi) is 9.97. The second-order valence-electron chi connectivity index (χ2n) is 18.6. The largest absolute Gasteiger partial charge is 0.507 e. The van der Waals surface area contributed by atoms with Crippen molar-refractivity contribution in [3.8, 4) is 49.7 Å². The normalized spacial score (nSPS) is 12.6. The number of thiazole rings is 1. The van der Waals surface area contributed by atoms with Crippen molar-refractivity contribution < 1.29 is 5.11 Å². The molecule has 0 saturated heterocycles. The second-order valence-corrected chi connectivity index (χ2v) is 19.6. The molecule has 3 nitrogen and oxygen atoms in total. The number of para-hydroxylation sites is 1. The van der Waals surface area contributed by atoms with E-state index in [1.54, 1.807) is 23.6 Å². The zero-order chi connectivity index (χ0) is 41.0. The van der Waals surface area contributed by atoms with Crippen LogP contribution in [-0.2, 0) is 16.2 Å². The van der Waals surface area contributed by atoms with E-state index in [9.17, 15) is 5.11 Å². The van der Waals surface area contributed by atoms with Crippen LogP contribution in [0.1, 0.15) is 84.6 Å². The number of phenols is 1. The summed E-state index contributed by atoms with van der Waals surface area (Å²) in [4.78, 5) is 10.3. The number of hydrogen-bond acceptors (Lipinski definition) is 4. The van der Waals surface area contributed by atoms with E-state index >= 15 is 0 Å². The van der Waals surface area contributed by atoms with Gasteiger partial charge in [0.1, 0.15) is 10.8 Å². The highest BCUT2D eigenvalue weighted by Gasteiger charge is 2.22. The fourth-order valence-electron chi connectivity index (χ4n) is 7.52. The molecular weight excluding hydrogens is 725 g/mol. The van der Waals surface area contributed by atoms with Gasteiger partial charge in [-0.1, -0.05) is 165 Å². The zero-order valence-electron chi connectivity index (χ0n) is 35.1. The molecule has 0 aliphatic rings. The van der Waals surface area contributed by atoms with Crippen molar-refractivity contribution in [2.75, 3.05) is 0 Å². The van der Waals surface area contributed by atoms with Crippen molar-refractivity contribution in [1.82, 2.24) is 4.98 Å². The Morgan fingerprint density at radius 1 is 0.517 bits per heavy atom. The van der Waals surface area contributed by atoms with Crippen molar-refractivity contribution in [3.05, 3.63) is 162 Å². The molecule has 4 heteroatoms. The van der Waals surface area contributed by atoms with E-state index in [4.69, 9.17) is 9.98 Å². The first-order valence-corrected chi connectivity index (χ1v) is 21.0. The molecule has 0 fully saturated rings. The number of aromatic nitrogens is 1. The minimum Gasteiger partial charge on any atom is -0.507 e. The molecule has 0 unspecified atom stereocenters. The Morgan fingerprint density at radius 2 is 1.10 bits per heavy atom. The number of hydrogen-bond donors (Lipinski definition) is 1. The van der Waals surface area contributed by atoms with Gasteiger partial charge in [0.15, 0.2) is 0 Å². The molecule has 0 amide bonds. The maximum absolute atomic E-state index is 10.7. The third-order valence-electron chi connectivity index (χ3n) is 11.2. The maximum Gasteiger partial charge on any atom is 0.126 e. The third-order valence-corrected chi connectivity index (χ3v) is 12.2. The van der Waals surface area contributed by atoms with Crippen molar-refractivity contribution in [1.29, 1.82) is 0 Å². The molecule has 7 aromatic carbocycles. The van der Waals surface area contributed by atoms with Crippen molar-refractivity contribution in [2.24, 2.45) is 4.99 Å². The summed E-state index contributed by atoms with van der Waals surface area (Å²) >= 11 is 1.69. The molecule has 0 aliphatic heterocycles. The van der Waals surface area contributed by atoms with E-state index in [-0.39, 0.29) is 22.0 Å². The van der Waals surface area contributed by atoms with Gasteiger partial charge in [-0.2, -0.15) is 0 Å². The number of rotatable bonds is 6. The molecule has 0 spiro atoms. The maximum atomic E-state index is 10.7. The summed E-state index contributed by atoms with van der Waals surface area (Å²) in [6.45, 7) is 20.3. The number of benzene rings is 7. The Morgan fingerprint density at radius 3 is 1.78 bits per heavy atom. The monoisotopic (exact) mass is 776 g/mol. The molecule has 0 radical (unpaired) electrons. The van der Waals surface area contributed by atoms with E-state index < -0.39 is 0 Å². The lowest BCUT2D eigenvalue weighted by Crippen LogP contribution is -2.16. The topological polar surface area (TPSA) is 45.5 Å². The molecule has 1 heterocycles. The van der Waals surface area contributed by atoms with E-state index in [1.807, 2.05) is 30.3 Å². The highest BCUT2D eigenvalue weighted by atomic mass is 32.1. The van der Waals surface area contributed by atoms with Crippen LogP contribution >= 0.6 is 11.3 Å². The lowest BCUT2D eigenvalue weighted by atomic mass is 9.79. The molecule has 0 atom stereocenters. The van der Waals surface area contributed by atoms with Gasteiger partial charge in [0.25, 0.3) is 0 Å². The van der Waals surface area contributed by atoms with Gasteiger partial charge in [-0.05, 0) is 108 Å². The smallest absolute Gasteiger partial charge is 0.126 e. The summed E-state index contributed by atoms with van der Waals surface area (Å²) < 4.78 is 1.11. The molecular formula is C54H52N2OS. The van der Waals surface area contributed by atoms with Crippen LogP contribution in [-0.4, -0.2) is 16.3 Å². The highest BCUT2D eigenvalue weighted by molar-refractivity contribution is 7.21. The van der Waals surface area contributed by atoms with Gasteiger partial charge in [-0.3, -0.25) is 4.99 Å². The lowest BCUT2D eigenvalue weighted by Gasteiger charge is -2.26. The Hall–Kier alpha value is -5.84. The Balaban J connectivity index is 1.25. The van der Waals surface area contributed by atoms with Crippen LogP contribution in [0.2, 0.25) is 0 Å². The number of aromatic hydroxyl groups is 1. The van der Waals surface area contributed by atoms with Crippen LogP contribution in [0.5, 0.6) is 5.75 Å². The van der Waals surface area contributed by atoms with Gasteiger partial charge in [0, 0.05) is 22.9 Å². The average molecular weight is 777 g/mol. The third kappa shape index (κ3) is 7.86. The summed E-state index contributed by atoms with van der Waals surface area (Å²) in [6, 6.07) is 49.8. The molecule has 0 saturated carbocycles. The molecule has 0 aliphatic carbocycles. The Labute approximate surface area is 347 Å². The van der Waals surface area contributed by atoms with Gasteiger partial charge < -0.3 is 5.11 Å². The van der Waals surface area contributed by atoms with E-state index in [0.717, 1.165) is 54.3 Å². The van der Waals surface area contributed by atoms with Crippen molar-refractivity contribution >= 4 is 44.2 Å². The quantitative estimate of drug-likeness (QED) is 0.171. The van der Waals surface area contributed by atoms with Gasteiger partial charge in [-0.25, -0.2) is 4.98 Å². The van der Waals surface area contributed by atoms with Gasteiger partial charge in [0.05, 0.1) is 15.9 Å². The van der Waals surface area contributed by atoms with Gasteiger partial charge in [0.2, 0.25) is 0 Å². The van der Waals surface area contributed by atoms with E-state index in [2.05, 4.69) is 165 Å². The number of aliphatic imine (C=N–C) groups is 1. The molecule has 8 aromatic rings. The average Bonchev–Trinajstić information content (AvgIpc) is 3.63. The first kappa shape index (κ1) is 39.0. The van der Waals surface area contributed by atoms with Crippen LogP contribution in [0.4, 0.5) is 5.69 Å². The molecule has 8 rings (SSSR count). The number of phenolic OH excluding ortho intramolecular Hbond substituents is 1. The number of nitrogens with zero attached hydrogens (tertiary/aromatic N) is 2. The zero-order valence-corrected chi connectivity index (χ0v) is 35.9. The van der Waals surface area contributed by atoms with Crippen LogP contribution in [0.3, 0.4) is 0 Å². The van der Waals surface area contributed by atoms with Crippen LogP contribution in [0, 0.1) is 0 Å². The first-order chi connectivity index (χ1) is 27.5. The van der Waals surface area contributed by atoms with Crippen molar-refractivity contribution in [2.45, 2.75) is 78.6 Å². The molecule has 1 aromatic heterocycles. The van der Waals surface area contributed by atoms with Gasteiger partial charge >= 0.3 is 0 Å². The standard InChI is InChI=1S/C54H52N2OS/c1-52(2,3)40-25-26-48(57)39(29-40)33-55-47-20-13-12-18-45(47)51-56-50-46(44-19-14-16-36-15-10-11-17-43(36)44)30-38(31-49(50)58-51)35-23-21-34(22-24-35)37-27-41(53(4,5)6)32-42(28-37)54(7,8)9/h10-33,57H,1-9H3. The first-order valence-electron chi connectivity index (χ1n) is 20.2. The fourth-order valence-corrected chi connectivity index (χ4v) is 8.59. The molecule has 0 bridgehead atoms. The fraction of sp³-hybridized carbons (Fsp3) is 0.222. The van der Waals surface area contributed by atoms with Crippen LogP contribution in [0.25, 0.3) is 64.9 Å². The minimum atomic E-state index is -0.0495. The highest BCUT2D eigenvalue weighted by Crippen LogP contribution is 2.44. The summed E-state index contributed by atoms with van der Waals surface area (Å²) in [6.07, 6.45) is 1.77. The SMILES string of the molecule is CC(C)(C)c1cc(-c2ccc(-c3cc(-c4cccc5ccccc45)c4nc(-c5ccccc5N=Cc5cc(C(C)(C)C)ccc5O)sc4c3)cc2)cc(C(C)(C)C)c1. The van der Waals surface area contributed by atoms with Crippen molar-refractivity contribution in [3.63, 3.8) is 0 Å². The second kappa shape index (κ2) is 14.8. The molecule has 1 N–H and O–H groups in total. The summed E-state index contributed by atoms with van der Waals surface area (Å²) in [5.41, 5.74) is 14.3. The van der Waals surface area contributed by atoms with E-state index in [1.165, 1.54) is 33.0 Å². The summed E-state index contributed by atoms with van der Waals surface area (Å²) in [7, 11) is 0. The summed E-state index contributed by atoms with van der Waals surface area (Å²) in [5.74, 6) is 0.211. The lowest BCUT2D eigenvalue weighted by molar-refractivity contribution is 0.473. The predicted octanol–water partition coefficient (Wildman–Crippen LogP) is 15.5. The molecule has 290 valence electrons. The van der Waals surface area contributed by atoms with Crippen LogP contribution < -0.4 is 0 Å². The van der Waals surface area contributed by atoms with E-state index in [0.29, 0.717) is 5.56 Å². The van der Waals surface area contributed by atoms with Crippen LogP contribution in [0.15, 0.2) is 145 Å². The number of fused-ring (bicyclic) bond motifs is 2. The predicted molar refractivity (Wildman–Crippen MR) is 250 cm³/mol. The Bertz CT molecular complexity index is 2800. The van der Waals surface area contributed by atoms with Gasteiger partial charge in [-0.15, -0.1) is 11.3 Å². The minimum absolute atomic E-state index is 0.0465. The summed E-state index contributed by atoms with van der Waals surface area (Å²) in [5, 5.41) is 14.0.